The molecule has 2 rings (SSSR count). The minimum Gasteiger partial charge on any atom is -0.386 e. The molecule has 0 fully saturated rings. The van der Waals surface area contributed by atoms with Gasteiger partial charge in [0, 0.05) is 12.5 Å². The zero-order chi connectivity index (χ0) is 13.7. The van der Waals surface area contributed by atoms with E-state index in [1.165, 1.54) is 0 Å². The summed E-state index contributed by atoms with van der Waals surface area (Å²) in [5, 5.41) is 0. The van der Waals surface area contributed by atoms with Gasteiger partial charge in [0.2, 0.25) is 0 Å². The van der Waals surface area contributed by atoms with Gasteiger partial charge in [0.1, 0.15) is 0 Å². The highest BCUT2D eigenvalue weighted by atomic mass is 19.3. The molecule has 0 radical (unpaired) electrons. The molecular formula is C11H6F4O3. The summed E-state index contributed by atoms with van der Waals surface area (Å²) in [6, 6.07) is 2.10. The average Bonchev–Trinajstić information content (AvgIpc) is 2.53. The Morgan fingerprint density at radius 1 is 1.00 bits per heavy atom. The van der Waals surface area contributed by atoms with Crippen LogP contribution in [0, 0.1) is 0 Å². The molecule has 1 aromatic rings. The van der Waals surface area contributed by atoms with Gasteiger partial charge < -0.3 is 4.74 Å². The number of fused-ring (bicyclic) bond motifs is 1. The molecule has 0 unspecified atom stereocenters. The second-order valence-corrected chi connectivity index (χ2v) is 3.90. The maximum absolute atomic E-state index is 13.4. The lowest BCUT2D eigenvalue weighted by molar-refractivity contribution is -0.204. The van der Waals surface area contributed by atoms with Crippen molar-refractivity contribution in [3.63, 3.8) is 0 Å². The SMILES string of the molecule is CC(F)(F)C(F)(F)c1ccc2c(c1)C(=O)OC2=O. The standard InChI is InChI=1S/C11H6F4O3/c1-10(12,13)11(14,15)5-2-3-6-7(4-5)9(17)18-8(6)16/h2-4H,1H3. The fourth-order valence-corrected chi connectivity index (χ4v) is 1.53. The van der Waals surface area contributed by atoms with E-state index in [0.29, 0.717) is 12.1 Å². The summed E-state index contributed by atoms with van der Waals surface area (Å²) in [6.07, 6.45) is 0. The number of alkyl halides is 4. The Balaban J connectivity index is 2.55. The van der Waals surface area contributed by atoms with Gasteiger partial charge in [-0.2, -0.15) is 17.6 Å². The molecule has 18 heavy (non-hydrogen) atoms. The van der Waals surface area contributed by atoms with Crippen LogP contribution in [0.2, 0.25) is 0 Å². The van der Waals surface area contributed by atoms with Gasteiger partial charge >= 0.3 is 23.8 Å². The molecule has 0 aliphatic carbocycles. The monoisotopic (exact) mass is 262 g/mol. The maximum atomic E-state index is 13.4. The molecule has 96 valence electrons. The van der Waals surface area contributed by atoms with Gasteiger partial charge in [0.15, 0.2) is 0 Å². The lowest BCUT2D eigenvalue weighted by Crippen LogP contribution is -2.35. The van der Waals surface area contributed by atoms with Crippen molar-refractivity contribution in [3.05, 3.63) is 34.9 Å². The minimum atomic E-state index is -4.44. The molecule has 0 aromatic heterocycles. The van der Waals surface area contributed by atoms with Crippen molar-refractivity contribution in [1.82, 2.24) is 0 Å². The van der Waals surface area contributed by atoms with Crippen molar-refractivity contribution < 1.29 is 31.9 Å². The summed E-state index contributed by atoms with van der Waals surface area (Å²) in [4.78, 5) is 22.2. The van der Waals surface area contributed by atoms with E-state index >= 15 is 0 Å². The lowest BCUT2D eigenvalue weighted by atomic mass is 9.98. The highest BCUT2D eigenvalue weighted by Crippen LogP contribution is 2.43. The quantitative estimate of drug-likeness (QED) is 0.467. The summed E-state index contributed by atoms with van der Waals surface area (Å²) in [7, 11) is 0. The Labute approximate surface area is 98.3 Å². The number of ether oxygens (including phenoxy) is 1. The van der Waals surface area contributed by atoms with Crippen LogP contribution in [0.3, 0.4) is 0 Å². The molecule has 0 amide bonds. The highest BCUT2D eigenvalue weighted by molar-refractivity contribution is 6.14. The number of benzene rings is 1. The highest BCUT2D eigenvalue weighted by Gasteiger charge is 2.54. The van der Waals surface area contributed by atoms with E-state index in [1.807, 2.05) is 0 Å². The van der Waals surface area contributed by atoms with Crippen molar-refractivity contribution >= 4 is 11.9 Å². The molecule has 1 aromatic carbocycles. The molecule has 1 aliphatic rings. The topological polar surface area (TPSA) is 43.4 Å². The molecule has 1 aliphatic heterocycles. The third kappa shape index (κ3) is 1.66. The van der Waals surface area contributed by atoms with Crippen LogP contribution in [0.4, 0.5) is 17.6 Å². The second-order valence-electron chi connectivity index (χ2n) is 3.90. The van der Waals surface area contributed by atoms with E-state index < -0.39 is 34.9 Å². The van der Waals surface area contributed by atoms with Gasteiger partial charge in [-0.1, -0.05) is 6.07 Å². The fraction of sp³-hybridized carbons (Fsp3) is 0.273. The summed E-state index contributed by atoms with van der Waals surface area (Å²) in [6.45, 7) is 0.0731. The first-order chi connectivity index (χ1) is 8.14. The third-order valence-electron chi connectivity index (χ3n) is 2.56. The smallest absolute Gasteiger partial charge is 0.346 e. The van der Waals surface area contributed by atoms with E-state index in [4.69, 9.17) is 0 Å². The maximum Gasteiger partial charge on any atom is 0.346 e. The molecule has 0 N–H and O–H groups in total. The zero-order valence-electron chi connectivity index (χ0n) is 8.97. The van der Waals surface area contributed by atoms with Gasteiger partial charge in [-0.3, -0.25) is 0 Å². The summed E-state index contributed by atoms with van der Waals surface area (Å²) < 4.78 is 56.5. The molecule has 0 saturated carbocycles. The predicted molar refractivity (Wildman–Crippen MR) is 50.7 cm³/mol. The Bertz CT molecular complexity index is 546. The summed E-state index contributed by atoms with van der Waals surface area (Å²) in [5.41, 5.74) is -1.68. The first kappa shape index (κ1) is 12.5. The van der Waals surface area contributed by atoms with Crippen molar-refractivity contribution in [1.29, 1.82) is 0 Å². The average molecular weight is 262 g/mol. The molecule has 1 heterocycles. The van der Waals surface area contributed by atoms with E-state index in [2.05, 4.69) is 4.74 Å². The van der Waals surface area contributed by atoms with Crippen LogP contribution in [-0.4, -0.2) is 17.9 Å². The van der Waals surface area contributed by atoms with Crippen molar-refractivity contribution in [3.8, 4) is 0 Å². The molecule has 7 heteroatoms. The minimum absolute atomic E-state index is 0.0731. The van der Waals surface area contributed by atoms with Gasteiger partial charge in [0.05, 0.1) is 11.1 Å². The molecule has 0 spiro atoms. The number of hydrogen-bond donors (Lipinski definition) is 0. The van der Waals surface area contributed by atoms with Gasteiger partial charge in [-0.15, -0.1) is 0 Å². The van der Waals surface area contributed by atoms with Gasteiger partial charge in [0.25, 0.3) is 0 Å². The van der Waals surface area contributed by atoms with Gasteiger partial charge in [-0.05, 0) is 12.1 Å². The Morgan fingerprint density at radius 2 is 1.56 bits per heavy atom. The van der Waals surface area contributed by atoms with E-state index in [9.17, 15) is 27.2 Å². The summed E-state index contributed by atoms with van der Waals surface area (Å²) in [5.74, 6) is -10.8. The number of hydrogen-bond acceptors (Lipinski definition) is 3. The van der Waals surface area contributed by atoms with Gasteiger partial charge in [-0.25, -0.2) is 9.59 Å². The largest absolute Gasteiger partial charge is 0.386 e. The Hall–Kier alpha value is -1.92. The lowest BCUT2D eigenvalue weighted by Gasteiger charge is -2.23. The van der Waals surface area contributed by atoms with Crippen LogP contribution >= 0.6 is 0 Å². The number of carbonyl (C=O) groups excluding carboxylic acids is 2. The van der Waals surface area contributed by atoms with Crippen LogP contribution in [-0.2, 0) is 10.7 Å². The first-order valence-electron chi connectivity index (χ1n) is 4.81. The van der Waals surface area contributed by atoms with Crippen molar-refractivity contribution in [2.75, 3.05) is 0 Å². The number of esters is 2. The van der Waals surface area contributed by atoms with E-state index in [0.717, 1.165) is 6.07 Å². The Kier molecular flexibility index (Phi) is 2.46. The number of halogens is 4. The van der Waals surface area contributed by atoms with Crippen LogP contribution in [0.1, 0.15) is 33.2 Å². The normalized spacial score (nSPS) is 15.6. The second kappa shape index (κ2) is 3.54. The first-order valence-corrected chi connectivity index (χ1v) is 4.81. The van der Waals surface area contributed by atoms with Crippen LogP contribution < -0.4 is 0 Å². The molecular weight excluding hydrogens is 256 g/mol. The Morgan fingerprint density at radius 3 is 2.11 bits per heavy atom. The number of cyclic esters (lactones) is 2. The zero-order valence-corrected chi connectivity index (χ0v) is 8.97. The number of rotatable bonds is 2. The van der Waals surface area contributed by atoms with E-state index in [1.54, 1.807) is 0 Å². The molecule has 0 bridgehead atoms. The van der Waals surface area contributed by atoms with Crippen LogP contribution in [0.25, 0.3) is 0 Å². The van der Waals surface area contributed by atoms with Crippen LogP contribution in [0.15, 0.2) is 18.2 Å². The summed E-state index contributed by atoms with van der Waals surface area (Å²) >= 11 is 0. The molecule has 0 saturated heterocycles. The molecule has 0 atom stereocenters. The number of carbonyl (C=O) groups is 2. The van der Waals surface area contributed by atoms with Crippen molar-refractivity contribution in [2.24, 2.45) is 0 Å². The van der Waals surface area contributed by atoms with E-state index in [-0.39, 0.29) is 12.5 Å². The predicted octanol–water partition coefficient (Wildman–Crippen LogP) is 2.74. The third-order valence-corrected chi connectivity index (χ3v) is 2.56. The van der Waals surface area contributed by atoms with Crippen LogP contribution in [0.5, 0.6) is 0 Å². The molecule has 3 nitrogen and oxygen atoms in total. The fourth-order valence-electron chi connectivity index (χ4n) is 1.53. The van der Waals surface area contributed by atoms with Crippen molar-refractivity contribution in [2.45, 2.75) is 18.8 Å².